The van der Waals surface area contributed by atoms with E-state index >= 15 is 0 Å². The number of sulfonamides is 1. The van der Waals surface area contributed by atoms with Gasteiger partial charge in [-0.05, 0) is 43.5 Å². The van der Waals surface area contributed by atoms with Crippen LogP contribution in [-0.2, 0) is 10.0 Å². The van der Waals surface area contributed by atoms with Crippen LogP contribution in [0.4, 0.5) is 5.69 Å². The van der Waals surface area contributed by atoms with Crippen molar-refractivity contribution in [2.45, 2.75) is 39.5 Å². The summed E-state index contributed by atoms with van der Waals surface area (Å²) in [4.78, 5) is 0. The summed E-state index contributed by atoms with van der Waals surface area (Å²) < 4.78 is 26.8. The van der Waals surface area contributed by atoms with Crippen LogP contribution in [0.2, 0.25) is 0 Å². The van der Waals surface area contributed by atoms with E-state index in [2.05, 4.69) is 30.8 Å². The lowest BCUT2D eigenvalue weighted by molar-refractivity contribution is 0.593. The van der Waals surface area contributed by atoms with E-state index in [-0.39, 0.29) is 5.75 Å². The number of para-hydroxylation sites is 1. The number of nitrogens with one attached hydrogen (secondary N) is 2. The van der Waals surface area contributed by atoms with Crippen molar-refractivity contribution in [3.8, 4) is 0 Å². The fourth-order valence-electron chi connectivity index (χ4n) is 2.00. The maximum absolute atomic E-state index is 12.1. The molecule has 20 heavy (non-hydrogen) atoms. The van der Waals surface area contributed by atoms with Crippen molar-refractivity contribution in [1.29, 1.82) is 0 Å². The summed E-state index contributed by atoms with van der Waals surface area (Å²) in [6, 6.07) is 7.57. The lowest BCUT2D eigenvalue weighted by Gasteiger charge is -2.14. The third kappa shape index (κ3) is 5.92. The maximum atomic E-state index is 12.1. The predicted molar refractivity (Wildman–Crippen MR) is 85.7 cm³/mol. The topological polar surface area (TPSA) is 58.2 Å². The Balaban J connectivity index is 2.58. The van der Waals surface area contributed by atoms with Gasteiger partial charge in [0.05, 0.1) is 11.4 Å². The molecule has 2 N–H and O–H groups in total. The molecule has 0 aliphatic heterocycles. The normalized spacial score (nSPS) is 11.8. The van der Waals surface area contributed by atoms with Crippen molar-refractivity contribution in [1.82, 2.24) is 5.32 Å². The molecule has 0 unspecified atom stereocenters. The first-order valence-corrected chi connectivity index (χ1v) is 8.91. The van der Waals surface area contributed by atoms with Crippen molar-refractivity contribution < 1.29 is 8.42 Å². The van der Waals surface area contributed by atoms with E-state index in [0.717, 1.165) is 25.1 Å². The van der Waals surface area contributed by atoms with Gasteiger partial charge in [-0.15, -0.1) is 0 Å². The summed E-state index contributed by atoms with van der Waals surface area (Å²) >= 11 is 0. The molecule has 0 saturated heterocycles. The molecule has 1 aromatic carbocycles. The van der Waals surface area contributed by atoms with E-state index < -0.39 is 10.0 Å². The standard InChI is InChI=1S/C15H26N2O2S/c1-4-10-16-11-7-12-20(18,19)17-15-9-6-5-8-14(15)13(2)3/h5-6,8-9,13,16-17H,4,7,10-12H2,1-3H3. The summed E-state index contributed by atoms with van der Waals surface area (Å²) in [5.74, 6) is 0.441. The average molecular weight is 298 g/mol. The molecule has 4 nitrogen and oxygen atoms in total. The molecule has 0 fully saturated rings. The minimum absolute atomic E-state index is 0.149. The number of benzene rings is 1. The van der Waals surface area contributed by atoms with Crippen LogP contribution in [0.25, 0.3) is 0 Å². The van der Waals surface area contributed by atoms with E-state index in [0.29, 0.717) is 18.0 Å². The quantitative estimate of drug-likeness (QED) is 0.689. The zero-order valence-corrected chi connectivity index (χ0v) is 13.5. The summed E-state index contributed by atoms with van der Waals surface area (Å²) in [6.45, 7) is 7.88. The molecule has 0 aliphatic carbocycles. The SMILES string of the molecule is CCCNCCCS(=O)(=O)Nc1ccccc1C(C)C. The molecular weight excluding hydrogens is 272 g/mol. The molecule has 0 spiro atoms. The predicted octanol–water partition coefficient (Wildman–Crippen LogP) is 2.94. The minimum Gasteiger partial charge on any atom is -0.317 e. The van der Waals surface area contributed by atoms with Gasteiger partial charge in [-0.25, -0.2) is 8.42 Å². The molecule has 114 valence electrons. The van der Waals surface area contributed by atoms with Crippen LogP contribution in [0, 0.1) is 0 Å². The van der Waals surface area contributed by atoms with Crippen LogP contribution in [-0.4, -0.2) is 27.3 Å². The Labute approximate surface area is 123 Å². The number of hydrogen-bond acceptors (Lipinski definition) is 3. The van der Waals surface area contributed by atoms with Crippen LogP contribution >= 0.6 is 0 Å². The summed E-state index contributed by atoms with van der Waals surface area (Å²) in [5.41, 5.74) is 1.73. The Bertz CT molecular complexity index is 498. The second-order valence-corrected chi connectivity index (χ2v) is 7.11. The number of rotatable bonds is 9. The Hall–Kier alpha value is -1.07. The van der Waals surface area contributed by atoms with Crippen molar-refractivity contribution in [2.75, 3.05) is 23.6 Å². The number of hydrogen-bond donors (Lipinski definition) is 2. The van der Waals surface area contributed by atoms with Gasteiger partial charge in [-0.2, -0.15) is 0 Å². The molecule has 0 aromatic heterocycles. The van der Waals surface area contributed by atoms with Gasteiger partial charge in [-0.3, -0.25) is 4.72 Å². The van der Waals surface area contributed by atoms with Crippen molar-refractivity contribution >= 4 is 15.7 Å². The highest BCUT2D eigenvalue weighted by molar-refractivity contribution is 7.92. The van der Waals surface area contributed by atoms with Gasteiger partial charge in [0, 0.05) is 0 Å². The van der Waals surface area contributed by atoms with Gasteiger partial charge < -0.3 is 5.32 Å². The minimum atomic E-state index is -3.27. The first kappa shape index (κ1) is 17.0. The van der Waals surface area contributed by atoms with Crippen molar-refractivity contribution in [2.24, 2.45) is 0 Å². The second kappa shape index (κ2) is 8.27. The van der Waals surface area contributed by atoms with Gasteiger partial charge in [0.25, 0.3) is 0 Å². The summed E-state index contributed by atoms with van der Waals surface area (Å²) in [5, 5.41) is 3.21. The van der Waals surface area contributed by atoms with Crippen LogP contribution in [0.15, 0.2) is 24.3 Å². The Morgan fingerprint density at radius 3 is 2.50 bits per heavy atom. The van der Waals surface area contributed by atoms with E-state index in [1.807, 2.05) is 24.3 Å². The fraction of sp³-hybridized carbons (Fsp3) is 0.600. The zero-order chi connectivity index (χ0) is 15.0. The lowest BCUT2D eigenvalue weighted by Crippen LogP contribution is -2.23. The van der Waals surface area contributed by atoms with Gasteiger partial charge in [0.15, 0.2) is 0 Å². The third-order valence-corrected chi connectivity index (χ3v) is 4.40. The van der Waals surface area contributed by atoms with Crippen LogP contribution in [0.5, 0.6) is 0 Å². The largest absolute Gasteiger partial charge is 0.317 e. The van der Waals surface area contributed by atoms with E-state index in [4.69, 9.17) is 0 Å². The number of anilines is 1. The Morgan fingerprint density at radius 2 is 1.85 bits per heavy atom. The van der Waals surface area contributed by atoms with E-state index in [1.165, 1.54) is 0 Å². The third-order valence-electron chi connectivity index (χ3n) is 3.04. The molecule has 0 aliphatic rings. The van der Waals surface area contributed by atoms with Gasteiger partial charge >= 0.3 is 0 Å². The fourth-order valence-corrected chi connectivity index (χ4v) is 3.15. The Kier molecular flexibility index (Phi) is 7.02. The van der Waals surface area contributed by atoms with E-state index in [1.54, 1.807) is 0 Å². The molecular formula is C15H26N2O2S. The van der Waals surface area contributed by atoms with Crippen LogP contribution < -0.4 is 10.0 Å². The van der Waals surface area contributed by atoms with Crippen molar-refractivity contribution in [3.05, 3.63) is 29.8 Å². The molecule has 0 amide bonds. The van der Waals surface area contributed by atoms with Gasteiger partial charge in [0.2, 0.25) is 10.0 Å². The smallest absolute Gasteiger partial charge is 0.232 e. The molecule has 1 aromatic rings. The molecule has 0 saturated carbocycles. The Morgan fingerprint density at radius 1 is 1.15 bits per heavy atom. The molecule has 5 heteroatoms. The van der Waals surface area contributed by atoms with E-state index in [9.17, 15) is 8.42 Å². The highest BCUT2D eigenvalue weighted by atomic mass is 32.2. The van der Waals surface area contributed by atoms with Crippen LogP contribution in [0.1, 0.15) is 45.1 Å². The lowest BCUT2D eigenvalue weighted by atomic mass is 10.0. The highest BCUT2D eigenvalue weighted by Crippen LogP contribution is 2.24. The summed E-state index contributed by atoms with van der Waals surface area (Å²) in [7, 11) is -3.27. The average Bonchev–Trinajstić information content (AvgIpc) is 2.38. The van der Waals surface area contributed by atoms with Gasteiger partial charge in [0.1, 0.15) is 0 Å². The van der Waals surface area contributed by atoms with Crippen LogP contribution in [0.3, 0.4) is 0 Å². The zero-order valence-electron chi connectivity index (χ0n) is 12.6. The molecule has 0 heterocycles. The monoisotopic (exact) mass is 298 g/mol. The molecule has 1 rings (SSSR count). The maximum Gasteiger partial charge on any atom is 0.232 e. The molecule has 0 radical (unpaired) electrons. The first-order chi connectivity index (χ1) is 9.46. The van der Waals surface area contributed by atoms with Gasteiger partial charge in [-0.1, -0.05) is 39.0 Å². The molecule has 0 bridgehead atoms. The summed E-state index contributed by atoms with van der Waals surface area (Å²) in [6.07, 6.45) is 1.69. The highest BCUT2D eigenvalue weighted by Gasteiger charge is 2.13. The molecule has 0 atom stereocenters. The second-order valence-electron chi connectivity index (χ2n) is 5.27. The van der Waals surface area contributed by atoms with Crippen molar-refractivity contribution in [3.63, 3.8) is 0 Å². The first-order valence-electron chi connectivity index (χ1n) is 7.26.